The first kappa shape index (κ1) is 18.9. The summed E-state index contributed by atoms with van der Waals surface area (Å²) in [4.78, 5) is 17.5. The van der Waals surface area contributed by atoms with Gasteiger partial charge < -0.3 is 14.2 Å². The molecule has 28 heavy (non-hydrogen) atoms. The SMILES string of the molecule is COc1cc(C(=O)c2cccc(-c3ccc(C#N)cc3)n2)cc(OC)c1OC. The third kappa shape index (κ3) is 3.64. The second-order valence-corrected chi connectivity index (χ2v) is 5.84. The molecule has 0 amide bonds. The average Bonchev–Trinajstić information content (AvgIpc) is 2.77. The quantitative estimate of drug-likeness (QED) is 0.609. The van der Waals surface area contributed by atoms with Crippen LogP contribution in [0.1, 0.15) is 21.6 Å². The van der Waals surface area contributed by atoms with Crippen molar-refractivity contribution < 1.29 is 19.0 Å². The minimum atomic E-state index is -0.269. The van der Waals surface area contributed by atoms with Gasteiger partial charge >= 0.3 is 0 Å². The first-order valence-corrected chi connectivity index (χ1v) is 8.43. The Balaban J connectivity index is 2.00. The van der Waals surface area contributed by atoms with Crippen molar-refractivity contribution in [3.63, 3.8) is 0 Å². The van der Waals surface area contributed by atoms with Crippen LogP contribution in [0.2, 0.25) is 0 Å². The molecular weight excluding hydrogens is 356 g/mol. The van der Waals surface area contributed by atoms with Crippen LogP contribution in [0.3, 0.4) is 0 Å². The predicted molar refractivity (Wildman–Crippen MR) is 104 cm³/mol. The smallest absolute Gasteiger partial charge is 0.211 e. The van der Waals surface area contributed by atoms with Gasteiger partial charge in [-0.3, -0.25) is 4.79 Å². The van der Waals surface area contributed by atoms with Crippen LogP contribution in [0.15, 0.2) is 54.6 Å². The molecule has 6 heteroatoms. The number of carbonyl (C=O) groups excluding carboxylic acids is 1. The Labute approximate surface area is 162 Å². The monoisotopic (exact) mass is 374 g/mol. The van der Waals surface area contributed by atoms with Gasteiger partial charge in [0, 0.05) is 11.1 Å². The summed E-state index contributed by atoms with van der Waals surface area (Å²) in [5.41, 5.74) is 2.69. The van der Waals surface area contributed by atoms with Crippen molar-refractivity contribution >= 4 is 5.78 Å². The highest BCUT2D eigenvalue weighted by Crippen LogP contribution is 2.38. The van der Waals surface area contributed by atoms with Gasteiger partial charge in [0.1, 0.15) is 5.69 Å². The number of ether oxygens (including phenoxy) is 3. The molecule has 0 aliphatic rings. The third-order valence-electron chi connectivity index (χ3n) is 4.22. The summed E-state index contributed by atoms with van der Waals surface area (Å²) in [7, 11) is 4.50. The number of hydrogen-bond acceptors (Lipinski definition) is 6. The van der Waals surface area contributed by atoms with Crippen LogP contribution in [0, 0.1) is 11.3 Å². The van der Waals surface area contributed by atoms with E-state index in [1.165, 1.54) is 21.3 Å². The average molecular weight is 374 g/mol. The van der Waals surface area contributed by atoms with Gasteiger partial charge in [0.15, 0.2) is 11.5 Å². The van der Waals surface area contributed by atoms with Gasteiger partial charge in [0.25, 0.3) is 0 Å². The Bertz CT molecular complexity index is 1030. The standard InChI is InChI=1S/C22H18N2O4/c1-26-19-11-16(12-20(27-2)22(19)28-3)21(25)18-6-4-5-17(24-18)15-9-7-14(13-23)8-10-15/h4-12H,1-3H3. The second kappa shape index (κ2) is 8.23. The number of pyridine rings is 1. The third-order valence-corrected chi connectivity index (χ3v) is 4.22. The molecule has 2 aromatic carbocycles. The zero-order chi connectivity index (χ0) is 20.1. The number of aromatic nitrogens is 1. The number of carbonyl (C=O) groups is 1. The minimum absolute atomic E-state index is 0.269. The molecule has 0 N–H and O–H groups in total. The Kier molecular flexibility index (Phi) is 5.56. The molecule has 0 atom stereocenters. The molecule has 0 aliphatic carbocycles. The lowest BCUT2D eigenvalue weighted by molar-refractivity contribution is 0.103. The molecule has 1 aromatic heterocycles. The Morgan fingerprint density at radius 1 is 0.929 bits per heavy atom. The number of nitriles is 1. The molecule has 3 aromatic rings. The van der Waals surface area contributed by atoms with E-state index in [0.29, 0.717) is 34.1 Å². The van der Waals surface area contributed by atoms with E-state index in [9.17, 15) is 4.79 Å². The van der Waals surface area contributed by atoms with Gasteiger partial charge in [-0.15, -0.1) is 0 Å². The molecule has 0 saturated carbocycles. The highest BCUT2D eigenvalue weighted by Gasteiger charge is 2.19. The first-order chi connectivity index (χ1) is 13.6. The van der Waals surface area contributed by atoms with Crippen LogP contribution in [-0.2, 0) is 0 Å². The number of rotatable bonds is 6. The predicted octanol–water partition coefficient (Wildman–Crippen LogP) is 3.88. The van der Waals surface area contributed by atoms with Crippen molar-refractivity contribution in [2.24, 2.45) is 0 Å². The number of benzene rings is 2. The zero-order valence-electron chi connectivity index (χ0n) is 15.7. The largest absolute Gasteiger partial charge is 0.493 e. The highest BCUT2D eigenvalue weighted by molar-refractivity contribution is 6.08. The van der Waals surface area contributed by atoms with E-state index in [1.54, 1.807) is 48.5 Å². The van der Waals surface area contributed by atoms with Gasteiger partial charge in [-0.2, -0.15) is 5.26 Å². The normalized spacial score (nSPS) is 10.1. The molecule has 0 aliphatic heterocycles. The summed E-state index contributed by atoms with van der Waals surface area (Å²) in [6, 6.07) is 17.5. The van der Waals surface area contributed by atoms with Crippen LogP contribution >= 0.6 is 0 Å². The van der Waals surface area contributed by atoms with Crippen molar-refractivity contribution in [1.29, 1.82) is 5.26 Å². The van der Waals surface area contributed by atoms with Gasteiger partial charge in [-0.05, 0) is 36.4 Å². The summed E-state index contributed by atoms with van der Waals surface area (Å²) in [6.45, 7) is 0. The van der Waals surface area contributed by atoms with E-state index in [1.807, 2.05) is 6.07 Å². The maximum Gasteiger partial charge on any atom is 0.211 e. The Morgan fingerprint density at radius 3 is 2.11 bits per heavy atom. The fraction of sp³-hybridized carbons (Fsp3) is 0.136. The van der Waals surface area contributed by atoms with Gasteiger partial charge in [0.2, 0.25) is 11.5 Å². The van der Waals surface area contributed by atoms with Crippen LogP contribution in [-0.4, -0.2) is 32.1 Å². The number of ketones is 1. The zero-order valence-corrected chi connectivity index (χ0v) is 15.7. The maximum atomic E-state index is 13.0. The van der Waals surface area contributed by atoms with Crippen LogP contribution < -0.4 is 14.2 Å². The van der Waals surface area contributed by atoms with E-state index in [0.717, 1.165) is 5.56 Å². The van der Waals surface area contributed by atoms with Crippen molar-refractivity contribution in [3.8, 4) is 34.6 Å². The minimum Gasteiger partial charge on any atom is -0.493 e. The molecule has 6 nitrogen and oxygen atoms in total. The lowest BCUT2D eigenvalue weighted by atomic mass is 10.0. The van der Waals surface area contributed by atoms with Gasteiger partial charge in [-0.25, -0.2) is 4.98 Å². The highest BCUT2D eigenvalue weighted by atomic mass is 16.5. The summed E-state index contributed by atoms with van der Waals surface area (Å²) in [5, 5.41) is 8.93. The molecule has 3 rings (SSSR count). The first-order valence-electron chi connectivity index (χ1n) is 8.43. The van der Waals surface area contributed by atoms with Crippen molar-refractivity contribution in [2.45, 2.75) is 0 Å². The lowest BCUT2D eigenvalue weighted by Crippen LogP contribution is -2.06. The molecule has 0 saturated heterocycles. The van der Waals surface area contributed by atoms with E-state index in [4.69, 9.17) is 19.5 Å². The fourth-order valence-corrected chi connectivity index (χ4v) is 2.80. The lowest BCUT2D eigenvalue weighted by Gasteiger charge is -2.13. The molecule has 1 heterocycles. The molecule has 0 spiro atoms. The number of hydrogen-bond donors (Lipinski definition) is 0. The van der Waals surface area contributed by atoms with Gasteiger partial charge in [0.05, 0.1) is 38.7 Å². The molecule has 0 bridgehead atoms. The fourth-order valence-electron chi connectivity index (χ4n) is 2.80. The summed E-state index contributed by atoms with van der Waals surface area (Å²) >= 11 is 0. The van der Waals surface area contributed by atoms with Gasteiger partial charge in [-0.1, -0.05) is 18.2 Å². The summed E-state index contributed by atoms with van der Waals surface area (Å²) in [6.07, 6.45) is 0. The molecular formula is C22H18N2O4. The number of methoxy groups -OCH3 is 3. The van der Waals surface area contributed by atoms with E-state index >= 15 is 0 Å². The van der Waals surface area contributed by atoms with Crippen molar-refractivity contribution in [1.82, 2.24) is 4.98 Å². The van der Waals surface area contributed by atoms with Crippen molar-refractivity contribution in [2.75, 3.05) is 21.3 Å². The Morgan fingerprint density at radius 2 is 1.57 bits per heavy atom. The summed E-state index contributed by atoms with van der Waals surface area (Å²) < 4.78 is 15.9. The van der Waals surface area contributed by atoms with E-state index in [-0.39, 0.29) is 11.5 Å². The molecule has 140 valence electrons. The van der Waals surface area contributed by atoms with Crippen LogP contribution in [0.25, 0.3) is 11.3 Å². The van der Waals surface area contributed by atoms with E-state index in [2.05, 4.69) is 11.1 Å². The van der Waals surface area contributed by atoms with Crippen molar-refractivity contribution in [3.05, 3.63) is 71.4 Å². The molecule has 0 fully saturated rings. The Hall–Kier alpha value is -3.85. The summed E-state index contributed by atoms with van der Waals surface area (Å²) in [5.74, 6) is 0.942. The topological polar surface area (TPSA) is 81.4 Å². The second-order valence-electron chi connectivity index (χ2n) is 5.84. The maximum absolute atomic E-state index is 13.0. The number of nitrogens with zero attached hydrogens (tertiary/aromatic N) is 2. The molecule has 0 unspecified atom stereocenters. The van der Waals surface area contributed by atoms with Crippen LogP contribution in [0.5, 0.6) is 17.2 Å². The van der Waals surface area contributed by atoms with E-state index < -0.39 is 0 Å². The molecule has 0 radical (unpaired) electrons. The van der Waals surface area contributed by atoms with Crippen LogP contribution in [0.4, 0.5) is 0 Å².